The highest BCUT2D eigenvalue weighted by Crippen LogP contribution is 2.38. The van der Waals surface area contributed by atoms with E-state index in [1.165, 1.54) is 4.90 Å². The smallest absolute Gasteiger partial charge is 0.410 e. The molecule has 0 saturated carbocycles. The number of hydrogen-bond acceptors (Lipinski definition) is 5. The zero-order valence-electron chi connectivity index (χ0n) is 25.6. The highest BCUT2D eigenvalue weighted by Gasteiger charge is 2.29. The van der Waals surface area contributed by atoms with Crippen molar-refractivity contribution >= 4 is 52.2 Å². The summed E-state index contributed by atoms with van der Waals surface area (Å²) >= 11 is 6.09. The molecule has 3 N–H and O–H groups in total. The summed E-state index contributed by atoms with van der Waals surface area (Å²) in [5.41, 5.74) is 5.48. The minimum atomic E-state index is -0.576. The second kappa shape index (κ2) is 13.3. The summed E-state index contributed by atoms with van der Waals surface area (Å²) in [6.45, 7) is 6.19. The van der Waals surface area contributed by atoms with Crippen LogP contribution in [0, 0.1) is 0 Å². The van der Waals surface area contributed by atoms with Gasteiger partial charge in [0.15, 0.2) is 0 Å². The molecule has 4 aromatic carbocycles. The number of fused-ring (bicyclic) bond motifs is 1. The molecule has 4 aromatic rings. The van der Waals surface area contributed by atoms with E-state index in [0.717, 1.165) is 22.4 Å². The van der Waals surface area contributed by atoms with Crippen LogP contribution in [-0.2, 0) is 22.6 Å². The average molecular weight is 623 g/mol. The number of nitrogens with one attached hydrogen (secondary N) is 3. The van der Waals surface area contributed by atoms with Gasteiger partial charge >= 0.3 is 6.09 Å². The summed E-state index contributed by atoms with van der Waals surface area (Å²) < 4.78 is 5.45. The van der Waals surface area contributed by atoms with E-state index in [2.05, 4.69) is 16.0 Å². The predicted octanol–water partition coefficient (Wildman–Crippen LogP) is 7.57. The number of rotatable bonds is 8. The first-order chi connectivity index (χ1) is 21.5. The van der Waals surface area contributed by atoms with Gasteiger partial charge in [0.1, 0.15) is 5.60 Å². The minimum Gasteiger partial charge on any atom is -0.444 e. The maximum Gasteiger partial charge on any atom is 0.410 e. The van der Waals surface area contributed by atoms with Gasteiger partial charge in [0, 0.05) is 47.7 Å². The molecule has 1 aliphatic heterocycles. The number of nitrogens with zero attached hydrogens (tertiary/aromatic N) is 1. The number of benzene rings is 4. The van der Waals surface area contributed by atoms with E-state index in [1.807, 2.05) is 87.5 Å². The van der Waals surface area contributed by atoms with Crippen LogP contribution in [0.2, 0.25) is 5.02 Å². The Morgan fingerprint density at radius 1 is 0.867 bits per heavy atom. The first-order valence-corrected chi connectivity index (χ1v) is 14.9. The van der Waals surface area contributed by atoms with Crippen LogP contribution >= 0.6 is 11.6 Å². The Morgan fingerprint density at radius 3 is 2.29 bits per heavy atom. The summed E-state index contributed by atoms with van der Waals surface area (Å²) in [4.78, 5) is 40.5. The van der Waals surface area contributed by atoms with E-state index in [0.29, 0.717) is 46.2 Å². The molecule has 3 amide bonds. The first kappa shape index (κ1) is 31.3. The molecule has 0 aromatic heterocycles. The van der Waals surface area contributed by atoms with Gasteiger partial charge in [0.05, 0.1) is 11.3 Å². The quantitative estimate of drug-likeness (QED) is 0.176. The Balaban J connectivity index is 1.41. The minimum absolute atomic E-state index is 0.266. The van der Waals surface area contributed by atoms with E-state index in [9.17, 15) is 14.4 Å². The lowest BCUT2D eigenvalue weighted by atomic mass is 9.98. The van der Waals surface area contributed by atoms with E-state index in [1.54, 1.807) is 37.4 Å². The molecule has 9 heteroatoms. The lowest BCUT2D eigenvalue weighted by Crippen LogP contribution is -2.33. The molecule has 0 bridgehead atoms. The number of halogens is 1. The van der Waals surface area contributed by atoms with Crippen LogP contribution in [0.4, 0.5) is 16.2 Å². The van der Waals surface area contributed by atoms with E-state index < -0.39 is 11.7 Å². The van der Waals surface area contributed by atoms with Crippen molar-refractivity contribution in [1.29, 1.82) is 0 Å². The zero-order valence-corrected chi connectivity index (χ0v) is 26.4. The topological polar surface area (TPSA) is 99.8 Å². The van der Waals surface area contributed by atoms with Gasteiger partial charge in [-0.1, -0.05) is 66.2 Å². The molecule has 1 heterocycles. The van der Waals surface area contributed by atoms with Gasteiger partial charge in [-0.15, -0.1) is 0 Å². The van der Waals surface area contributed by atoms with Gasteiger partial charge in [0.2, 0.25) is 0 Å². The molecular formula is C36H35ClN4O4. The van der Waals surface area contributed by atoms with Gasteiger partial charge in [-0.05, 0) is 79.9 Å². The number of hydrogen-bond donors (Lipinski definition) is 3. The van der Waals surface area contributed by atoms with E-state index in [4.69, 9.17) is 16.3 Å². The number of carbonyl (C=O) groups is 3. The van der Waals surface area contributed by atoms with Crippen LogP contribution in [-0.4, -0.2) is 35.5 Å². The number of carbonyl (C=O) groups excluding carboxylic acids is 3. The van der Waals surface area contributed by atoms with Gasteiger partial charge in [-0.2, -0.15) is 0 Å². The van der Waals surface area contributed by atoms with Crippen molar-refractivity contribution in [3.63, 3.8) is 0 Å². The fraction of sp³-hybridized carbons (Fsp3) is 0.194. The molecule has 45 heavy (non-hydrogen) atoms. The molecule has 230 valence electrons. The summed E-state index contributed by atoms with van der Waals surface area (Å²) in [5, 5.41) is 9.91. The van der Waals surface area contributed by atoms with Crippen molar-refractivity contribution in [2.24, 2.45) is 0 Å². The van der Waals surface area contributed by atoms with Crippen LogP contribution in [0.15, 0.2) is 97.1 Å². The van der Waals surface area contributed by atoms with Crippen molar-refractivity contribution < 1.29 is 19.1 Å². The molecule has 0 unspecified atom stereocenters. The highest BCUT2D eigenvalue weighted by molar-refractivity contribution is 6.37. The molecule has 5 rings (SSSR count). The van der Waals surface area contributed by atoms with Crippen LogP contribution in [0.3, 0.4) is 0 Å². The second-order valence-electron chi connectivity index (χ2n) is 11.8. The molecule has 0 fully saturated rings. The van der Waals surface area contributed by atoms with Gasteiger partial charge in [-0.25, -0.2) is 4.79 Å². The normalized spacial score (nSPS) is 13.4. The van der Waals surface area contributed by atoms with Gasteiger partial charge in [0.25, 0.3) is 11.8 Å². The first-order valence-electron chi connectivity index (χ1n) is 14.5. The summed E-state index contributed by atoms with van der Waals surface area (Å²) in [5.74, 6) is -0.541. The van der Waals surface area contributed by atoms with Crippen molar-refractivity contribution in [2.75, 3.05) is 17.7 Å². The molecule has 0 spiro atoms. The summed E-state index contributed by atoms with van der Waals surface area (Å²) in [7, 11) is 1.69. The van der Waals surface area contributed by atoms with Crippen LogP contribution in [0.1, 0.15) is 53.4 Å². The third-order valence-electron chi connectivity index (χ3n) is 7.03. The molecule has 0 radical (unpaired) electrons. The molecule has 1 aliphatic rings. The molecule has 0 atom stereocenters. The Morgan fingerprint density at radius 2 is 1.60 bits per heavy atom. The Kier molecular flexibility index (Phi) is 9.25. The predicted molar refractivity (Wildman–Crippen MR) is 179 cm³/mol. The maximum absolute atomic E-state index is 13.4. The zero-order chi connectivity index (χ0) is 32.1. The van der Waals surface area contributed by atoms with Crippen LogP contribution in [0.25, 0.3) is 11.3 Å². The van der Waals surface area contributed by atoms with E-state index >= 15 is 0 Å². The molecular weight excluding hydrogens is 588 g/mol. The Bertz CT molecular complexity index is 1760. The Labute approximate surface area is 268 Å². The summed E-state index contributed by atoms with van der Waals surface area (Å²) in [6, 6.07) is 29.7. The average Bonchev–Trinajstić information content (AvgIpc) is 3.33. The molecule has 8 nitrogen and oxygen atoms in total. The van der Waals surface area contributed by atoms with Crippen molar-refractivity contribution in [2.45, 2.75) is 39.5 Å². The summed E-state index contributed by atoms with van der Waals surface area (Å²) in [6.07, 6.45) is -0.399. The van der Waals surface area contributed by atoms with Crippen molar-refractivity contribution in [3.05, 3.63) is 130 Å². The molecule has 0 saturated heterocycles. The third-order valence-corrected chi connectivity index (χ3v) is 7.26. The highest BCUT2D eigenvalue weighted by atomic mass is 35.5. The number of amides is 3. The second-order valence-corrected chi connectivity index (χ2v) is 12.2. The van der Waals surface area contributed by atoms with Gasteiger partial charge < -0.3 is 25.6 Å². The van der Waals surface area contributed by atoms with Crippen molar-refractivity contribution in [1.82, 2.24) is 10.2 Å². The monoisotopic (exact) mass is 622 g/mol. The number of anilines is 2. The van der Waals surface area contributed by atoms with E-state index in [-0.39, 0.29) is 11.8 Å². The van der Waals surface area contributed by atoms with Crippen molar-refractivity contribution in [3.8, 4) is 0 Å². The lowest BCUT2D eigenvalue weighted by Gasteiger charge is -2.24. The standard InChI is InChI=1S/C36H35ClN4O4/c1-36(2,3)45-35(44)41(4)22-23-13-16-28(17-14-23)39-32(25-10-6-5-7-11-25)31-29-20-26(15-18-30(29)40-34(31)43)33(42)38-21-24-9-8-12-27(37)19-24/h5-20,39H,21-22H2,1-4H3,(H,38,42)(H,40,43)/b32-31-. The fourth-order valence-electron chi connectivity index (χ4n) is 4.89. The third kappa shape index (κ3) is 7.91. The SMILES string of the molecule is CN(Cc1ccc(N/C(=C2\C(=O)Nc3ccc(C(=O)NCc4cccc(Cl)c4)cc32)c2ccccc2)cc1)C(=O)OC(C)(C)C. The Hall–Kier alpha value is -5.08. The fourth-order valence-corrected chi connectivity index (χ4v) is 5.10. The van der Waals surface area contributed by atoms with Crippen LogP contribution in [0.5, 0.6) is 0 Å². The van der Waals surface area contributed by atoms with Gasteiger partial charge in [-0.3, -0.25) is 9.59 Å². The largest absolute Gasteiger partial charge is 0.444 e. The molecule has 0 aliphatic carbocycles. The number of ether oxygens (including phenoxy) is 1. The lowest BCUT2D eigenvalue weighted by molar-refractivity contribution is -0.110. The van der Waals surface area contributed by atoms with Crippen LogP contribution < -0.4 is 16.0 Å². The maximum atomic E-state index is 13.4.